The molecule has 8 heteroatoms. The van der Waals surface area contributed by atoms with E-state index >= 15 is 0 Å². The zero-order valence-electron chi connectivity index (χ0n) is 16.9. The first kappa shape index (κ1) is 21.4. The molecule has 1 aliphatic heterocycles. The molecule has 1 saturated heterocycles. The summed E-state index contributed by atoms with van der Waals surface area (Å²) < 4.78 is 19.3. The van der Waals surface area contributed by atoms with Gasteiger partial charge in [0, 0.05) is 42.4 Å². The number of nitrogens with zero attached hydrogens (tertiary/aromatic N) is 1. The van der Waals surface area contributed by atoms with Crippen LogP contribution in [0, 0.1) is 5.82 Å². The number of carbonyl (C=O) groups excluding carboxylic acids is 3. The van der Waals surface area contributed by atoms with Gasteiger partial charge >= 0.3 is 0 Å². The molecule has 2 N–H and O–H groups in total. The molecule has 0 aromatic heterocycles. The van der Waals surface area contributed by atoms with E-state index in [4.69, 9.17) is 4.74 Å². The predicted octanol–water partition coefficient (Wildman–Crippen LogP) is 2.50. The molecule has 1 unspecified atom stereocenters. The maximum atomic E-state index is 14.3. The van der Waals surface area contributed by atoms with Crippen LogP contribution in [0.25, 0.3) is 0 Å². The number of piperidine rings is 1. The molecule has 1 heterocycles. The Bertz CT molecular complexity index is 963. The minimum atomic E-state index is -0.464. The van der Waals surface area contributed by atoms with Gasteiger partial charge in [-0.05, 0) is 31.2 Å². The third-order valence-corrected chi connectivity index (χ3v) is 5.22. The molecule has 0 saturated carbocycles. The van der Waals surface area contributed by atoms with Crippen LogP contribution in [0.4, 0.5) is 10.1 Å². The van der Waals surface area contributed by atoms with Gasteiger partial charge in [0.1, 0.15) is 17.9 Å². The molecule has 1 atom stereocenters. The van der Waals surface area contributed by atoms with Gasteiger partial charge in [-0.15, -0.1) is 0 Å². The molecule has 2 aromatic carbocycles. The van der Waals surface area contributed by atoms with E-state index < -0.39 is 11.9 Å². The number of ether oxygens (including phenoxy) is 1. The predicted molar refractivity (Wildman–Crippen MR) is 110 cm³/mol. The molecule has 2 aromatic rings. The lowest BCUT2D eigenvalue weighted by Crippen LogP contribution is -2.51. The third kappa shape index (κ3) is 4.83. The Hall–Kier alpha value is -3.26. The molecule has 2 amide bonds. The molecule has 1 fully saturated rings. The first-order valence-corrected chi connectivity index (χ1v) is 9.60. The van der Waals surface area contributed by atoms with Crippen molar-refractivity contribution in [2.24, 2.45) is 0 Å². The number of anilines is 1. The van der Waals surface area contributed by atoms with Crippen molar-refractivity contribution in [1.82, 2.24) is 10.2 Å². The minimum Gasteiger partial charge on any atom is -0.497 e. The Morgan fingerprint density at radius 2 is 2.10 bits per heavy atom. The quantitative estimate of drug-likeness (QED) is 0.511. The number of benzene rings is 2. The number of methoxy groups -OCH3 is 1. The summed E-state index contributed by atoms with van der Waals surface area (Å²) in [6.45, 7) is 0.530. The molecule has 0 bridgehead atoms. The van der Waals surface area contributed by atoms with Gasteiger partial charge in [-0.2, -0.15) is 0 Å². The van der Waals surface area contributed by atoms with Crippen LogP contribution >= 0.6 is 0 Å². The summed E-state index contributed by atoms with van der Waals surface area (Å²) >= 11 is 0. The standard InChI is InChI=1S/C22H24FN3O4/c1-26(20-8-9-21(28)25-22(20)29)12-17-15(13-27)4-3-5-19(17)24-11-14-6-7-16(30-2)10-18(14)23/h3-7,10,13,20,24H,8-9,11-12H2,1-2H3,(H,25,28,29). The summed E-state index contributed by atoms with van der Waals surface area (Å²) in [4.78, 5) is 37.0. The number of hydrogen-bond donors (Lipinski definition) is 2. The average molecular weight is 413 g/mol. The number of likely N-dealkylation sites (N-methyl/N-ethyl adjacent to an activating group) is 1. The van der Waals surface area contributed by atoms with Crippen LogP contribution < -0.4 is 15.4 Å². The SMILES string of the molecule is COc1ccc(CNc2cccc(C=O)c2CN(C)C2CCC(=O)NC2=O)c(F)c1. The van der Waals surface area contributed by atoms with Crippen molar-refractivity contribution in [2.45, 2.75) is 32.0 Å². The summed E-state index contributed by atoms with van der Waals surface area (Å²) in [6.07, 6.45) is 1.45. The van der Waals surface area contributed by atoms with E-state index in [9.17, 15) is 18.8 Å². The van der Waals surface area contributed by atoms with E-state index in [-0.39, 0.29) is 24.8 Å². The van der Waals surface area contributed by atoms with Crippen molar-refractivity contribution in [1.29, 1.82) is 0 Å². The van der Waals surface area contributed by atoms with E-state index in [1.54, 1.807) is 31.3 Å². The maximum absolute atomic E-state index is 14.3. The Morgan fingerprint density at radius 3 is 2.77 bits per heavy atom. The summed E-state index contributed by atoms with van der Waals surface area (Å²) in [6, 6.07) is 9.42. The van der Waals surface area contributed by atoms with E-state index in [0.717, 1.165) is 6.29 Å². The molecule has 1 aliphatic rings. The van der Waals surface area contributed by atoms with E-state index in [1.165, 1.54) is 13.2 Å². The Morgan fingerprint density at radius 1 is 1.30 bits per heavy atom. The van der Waals surface area contributed by atoms with Gasteiger partial charge in [0.25, 0.3) is 0 Å². The van der Waals surface area contributed by atoms with E-state index in [2.05, 4.69) is 10.6 Å². The topological polar surface area (TPSA) is 87.7 Å². The van der Waals surface area contributed by atoms with Crippen molar-refractivity contribution < 1.29 is 23.5 Å². The lowest BCUT2D eigenvalue weighted by Gasteiger charge is -2.30. The van der Waals surface area contributed by atoms with Gasteiger partial charge < -0.3 is 10.1 Å². The van der Waals surface area contributed by atoms with Crippen LogP contribution in [-0.2, 0) is 22.7 Å². The largest absolute Gasteiger partial charge is 0.497 e. The number of aldehydes is 1. The van der Waals surface area contributed by atoms with Gasteiger partial charge in [-0.1, -0.05) is 18.2 Å². The van der Waals surface area contributed by atoms with Gasteiger partial charge in [-0.3, -0.25) is 24.6 Å². The molecule has 0 aliphatic carbocycles. The van der Waals surface area contributed by atoms with Crippen molar-refractivity contribution in [3.05, 3.63) is 58.9 Å². The van der Waals surface area contributed by atoms with Crippen LogP contribution in [0.2, 0.25) is 0 Å². The maximum Gasteiger partial charge on any atom is 0.243 e. The Kier molecular flexibility index (Phi) is 6.79. The van der Waals surface area contributed by atoms with Crippen molar-refractivity contribution >= 4 is 23.8 Å². The van der Waals surface area contributed by atoms with Crippen molar-refractivity contribution in [3.8, 4) is 5.75 Å². The van der Waals surface area contributed by atoms with E-state index in [0.29, 0.717) is 41.1 Å². The summed E-state index contributed by atoms with van der Waals surface area (Å²) in [5.74, 6) is -0.574. The Balaban J connectivity index is 1.78. The zero-order valence-corrected chi connectivity index (χ0v) is 16.9. The van der Waals surface area contributed by atoms with Crippen molar-refractivity contribution in [3.63, 3.8) is 0 Å². The number of rotatable bonds is 8. The van der Waals surface area contributed by atoms with Crippen LogP contribution in [0.5, 0.6) is 5.75 Å². The highest BCUT2D eigenvalue weighted by Gasteiger charge is 2.30. The second-order valence-corrected chi connectivity index (χ2v) is 7.18. The normalized spacial score (nSPS) is 16.3. The molecular weight excluding hydrogens is 389 g/mol. The monoisotopic (exact) mass is 413 g/mol. The molecule has 3 rings (SSSR count). The van der Waals surface area contributed by atoms with Gasteiger partial charge in [0.2, 0.25) is 11.8 Å². The zero-order chi connectivity index (χ0) is 21.7. The molecule has 0 radical (unpaired) electrons. The fourth-order valence-corrected chi connectivity index (χ4v) is 3.51. The van der Waals surface area contributed by atoms with E-state index in [1.807, 2.05) is 11.0 Å². The fraction of sp³-hybridized carbons (Fsp3) is 0.318. The molecule has 0 spiro atoms. The van der Waals surface area contributed by atoms with Gasteiger partial charge in [0.15, 0.2) is 0 Å². The molecular formula is C22H24FN3O4. The number of hydrogen-bond acceptors (Lipinski definition) is 6. The lowest BCUT2D eigenvalue weighted by atomic mass is 10.0. The number of nitrogens with one attached hydrogen (secondary N) is 2. The van der Waals surface area contributed by atoms with Gasteiger partial charge in [0.05, 0.1) is 13.2 Å². The van der Waals surface area contributed by atoms with Crippen molar-refractivity contribution in [2.75, 3.05) is 19.5 Å². The summed E-state index contributed by atoms with van der Waals surface area (Å²) in [5.41, 5.74) is 2.31. The third-order valence-electron chi connectivity index (χ3n) is 5.22. The van der Waals surface area contributed by atoms with Crippen LogP contribution in [0.3, 0.4) is 0 Å². The first-order chi connectivity index (χ1) is 14.4. The smallest absolute Gasteiger partial charge is 0.243 e. The van der Waals surface area contributed by atoms with Crippen LogP contribution in [-0.4, -0.2) is 43.2 Å². The lowest BCUT2D eigenvalue weighted by molar-refractivity contribution is -0.137. The van der Waals surface area contributed by atoms with Crippen LogP contribution in [0.15, 0.2) is 36.4 Å². The van der Waals surface area contributed by atoms with Gasteiger partial charge in [-0.25, -0.2) is 4.39 Å². The first-order valence-electron chi connectivity index (χ1n) is 9.60. The molecule has 158 valence electrons. The second kappa shape index (κ2) is 9.49. The summed E-state index contributed by atoms with van der Waals surface area (Å²) in [7, 11) is 3.25. The average Bonchev–Trinajstić information content (AvgIpc) is 2.73. The minimum absolute atomic E-state index is 0.216. The molecule has 30 heavy (non-hydrogen) atoms. The highest BCUT2D eigenvalue weighted by atomic mass is 19.1. The number of amides is 2. The molecule has 7 nitrogen and oxygen atoms in total. The second-order valence-electron chi connectivity index (χ2n) is 7.18. The highest BCUT2D eigenvalue weighted by Crippen LogP contribution is 2.25. The fourth-order valence-electron chi connectivity index (χ4n) is 3.51. The summed E-state index contributed by atoms with van der Waals surface area (Å²) in [5, 5.41) is 5.53. The number of imide groups is 1. The Labute approximate surface area is 174 Å². The van der Waals surface area contributed by atoms with Crippen LogP contribution in [0.1, 0.15) is 34.3 Å². The number of halogens is 1. The number of carbonyl (C=O) groups is 3. The highest BCUT2D eigenvalue weighted by molar-refractivity contribution is 6.00.